The van der Waals surface area contributed by atoms with Gasteiger partial charge < -0.3 is 10.6 Å². The van der Waals surface area contributed by atoms with Crippen LogP contribution in [0.3, 0.4) is 0 Å². The van der Waals surface area contributed by atoms with E-state index in [2.05, 4.69) is 16.0 Å². The van der Waals surface area contributed by atoms with Crippen LogP contribution in [0.1, 0.15) is 52.4 Å². The highest BCUT2D eigenvalue weighted by molar-refractivity contribution is 6.09. The Bertz CT molecular complexity index is 510. The van der Waals surface area contributed by atoms with Crippen LogP contribution in [-0.4, -0.2) is 46.9 Å². The van der Waals surface area contributed by atoms with Gasteiger partial charge in [0.1, 0.15) is 12.1 Å². The Morgan fingerprint density at radius 1 is 1.22 bits per heavy atom. The summed E-state index contributed by atoms with van der Waals surface area (Å²) in [6, 6.07) is -1.08. The van der Waals surface area contributed by atoms with Crippen LogP contribution in [0.2, 0.25) is 0 Å². The Balaban J connectivity index is 1.88. The van der Waals surface area contributed by atoms with E-state index >= 15 is 0 Å². The summed E-state index contributed by atoms with van der Waals surface area (Å²) in [4.78, 5) is 48.8. The van der Waals surface area contributed by atoms with Gasteiger partial charge in [-0.15, -0.1) is 0 Å². The fourth-order valence-corrected chi connectivity index (χ4v) is 3.15. The van der Waals surface area contributed by atoms with Gasteiger partial charge in [0, 0.05) is 6.04 Å². The summed E-state index contributed by atoms with van der Waals surface area (Å²) in [7, 11) is 0. The second kappa shape index (κ2) is 6.97. The van der Waals surface area contributed by atoms with Crippen LogP contribution >= 0.6 is 0 Å². The van der Waals surface area contributed by atoms with E-state index in [1.54, 1.807) is 13.8 Å². The third kappa shape index (κ3) is 3.62. The number of hydrogen-bond donors (Lipinski definition) is 3. The fourth-order valence-electron chi connectivity index (χ4n) is 3.15. The van der Waals surface area contributed by atoms with Gasteiger partial charge in [-0.3, -0.25) is 19.8 Å². The average Bonchev–Trinajstić information content (AvgIpc) is 3.09. The van der Waals surface area contributed by atoms with Crippen LogP contribution < -0.4 is 16.0 Å². The number of carbonyl (C=O) groups is 4. The van der Waals surface area contributed by atoms with Gasteiger partial charge >= 0.3 is 12.1 Å². The smallest absolute Gasteiger partial charge is 0.325 e. The Morgan fingerprint density at radius 3 is 2.35 bits per heavy atom. The molecule has 0 aromatic carbocycles. The number of nitrogens with one attached hydrogen (secondary N) is 3. The molecular weight excluding hydrogens is 300 g/mol. The first-order valence-electron chi connectivity index (χ1n) is 8.16. The van der Waals surface area contributed by atoms with Crippen molar-refractivity contribution in [3.05, 3.63) is 0 Å². The molecule has 23 heavy (non-hydrogen) atoms. The van der Waals surface area contributed by atoms with Crippen LogP contribution in [0.15, 0.2) is 0 Å². The molecule has 1 heterocycles. The van der Waals surface area contributed by atoms with Crippen molar-refractivity contribution in [2.45, 2.75) is 64.0 Å². The maximum atomic E-state index is 12.4. The maximum Gasteiger partial charge on any atom is 0.325 e. The van der Waals surface area contributed by atoms with Gasteiger partial charge in [-0.2, -0.15) is 0 Å². The highest BCUT2D eigenvalue weighted by Crippen LogP contribution is 2.24. The summed E-state index contributed by atoms with van der Waals surface area (Å²) in [5.74, 6) is -1.09. The van der Waals surface area contributed by atoms with Gasteiger partial charge in [-0.25, -0.2) is 9.59 Å². The van der Waals surface area contributed by atoms with Crippen LogP contribution in [-0.2, 0) is 9.59 Å². The van der Waals surface area contributed by atoms with Crippen LogP contribution in [0.25, 0.3) is 0 Å². The number of imide groups is 2. The lowest BCUT2D eigenvalue weighted by Crippen LogP contribution is -2.49. The predicted molar refractivity (Wildman–Crippen MR) is 82.5 cm³/mol. The maximum absolute atomic E-state index is 12.4. The van der Waals surface area contributed by atoms with Crippen LogP contribution in [0.5, 0.6) is 0 Å². The molecule has 2 rings (SSSR count). The van der Waals surface area contributed by atoms with E-state index < -0.39 is 36.0 Å². The molecule has 0 aromatic rings. The van der Waals surface area contributed by atoms with Gasteiger partial charge in [0.25, 0.3) is 5.91 Å². The molecule has 8 nitrogen and oxygen atoms in total. The van der Waals surface area contributed by atoms with Crippen molar-refractivity contribution in [1.29, 1.82) is 0 Å². The van der Waals surface area contributed by atoms with E-state index in [1.807, 2.05) is 0 Å². The lowest BCUT2D eigenvalue weighted by molar-refractivity contribution is -0.135. The van der Waals surface area contributed by atoms with E-state index in [0.29, 0.717) is 12.8 Å². The second-order valence-corrected chi connectivity index (χ2v) is 6.11. The first-order valence-corrected chi connectivity index (χ1v) is 8.16. The topological polar surface area (TPSA) is 108 Å². The minimum Gasteiger partial charge on any atom is -0.335 e. The highest BCUT2D eigenvalue weighted by atomic mass is 16.2. The van der Waals surface area contributed by atoms with Crippen molar-refractivity contribution in [3.8, 4) is 0 Å². The zero-order chi connectivity index (χ0) is 17.0. The molecular formula is C15H24N4O4. The van der Waals surface area contributed by atoms with Crippen molar-refractivity contribution in [1.82, 2.24) is 20.9 Å². The molecule has 6 amide bonds. The van der Waals surface area contributed by atoms with Gasteiger partial charge in [0.05, 0.1) is 0 Å². The molecule has 0 unspecified atom stereocenters. The van der Waals surface area contributed by atoms with Crippen LogP contribution in [0.4, 0.5) is 9.59 Å². The SMILES string of the molecule is CCC1(CC)NC(=O)N(CC(=O)NC(=O)NC2CCCC2)C1=O. The Kier molecular flexibility index (Phi) is 5.23. The number of carbonyl (C=O) groups excluding carboxylic acids is 4. The number of urea groups is 2. The van der Waals surface area contributed by atoms with E-state index in [1.165, 1.54) is 0 Å². The van der Waals surface area contributed by atoms with E-state index in [9.17, 15) is 19.2 Å². The molecule has 0 spiro atoms. The van der Waals surface area contributed by atoms with E-state index in [4.69, 9.17) is 0 Å². The predicted octanol–water partition coefficient (Wildman–Crippen LogP) is 0.865. The quantitative estimate of drug-likeness (QED) is 0.652. The minimum absolute atomic E-state index is 0.0901. The number of amides is 6. The number of rotatable bonds is 5. The van der Waals surface area contributed by atoms with Crippen molar-refractivity contribution in [3.63, 3.8) is 0 Å². The molecule has 1 aliphatic heterocycles. The van der Waals surface area contributed by atoms with Crippen molar-refractivity contribution in [2.24, 2.45) is 0 Å². The Hall–Kier alpha value is -2.12. The van der Waals surface area contributed by atoms with Crippen molar-refractivity contribution < 1.29 is 19.2 Å². The molecule has 1 saturated carbocycles. The summed E-state index contributed by atoms with van der Waals surface area (Å²) < 4.78 is 0. The van der Waals surface area contributed by atoms with Crippen molar-refractivity contribution in [2.75, 3.05) is 6.54 Å². The van der Waals surface area contributed by atoms with Gasteiger partial charge in [-0.1, -0.05) is 26.7 Å². The lowest BCUT2D eigenvalue weighted by atomic mass is 9.93. The zero-order valence-corrected chi connectivity index (χ0v) is 13.6. The normalized spacial score (nSPS) is 20.5. The number of hydrogen-bond acceptors (Lipinski definition) is 4. The van der Waals surface area contributed by atoms with Gasteiger partial charge in [0.15, 0.2) is 0 Å². The molecule has 2 aliphatic rings. The lowest BCUT2D eigenvalue weighted by Gasteiger charge is -2.23. The zero-order valence-electron chi connectivity index (χ0n) is 13.6. The molecule has 8 heteroatoms. The molecule has 0 atom stereocenters. The monoisotopic (exact) mass is 324 g/mol. The van der Waals surface area contributed by atoms with Crippen LogP contribution in [0, 0.1) is 0 Å². The van der Waals surface area contributed by atoms with Crippen molar-refractivity contribution >= 4 is 23.9 Å². The molecule has 0 aromatic heterocycles. The third-order valence-electron chi connectivity index (χ3n) is 4.70. The molecule has 2 fully saturated rings. The Labute approximate surface area is 135 Å². The minimum atomic E-state index is -0.941. The molecule has 0 bridgehead atoms. The molecule has 128 valence electrons. The van der Waals surface area contributed by atoms with E-state index in [0.717, 1.165) is 30.6 Å². The molecule has 3 N–H and O–H groups in total. The fraction of sp³-hybridized carbons (Fsp3) is 0.733. The average molecular weight is 324 g/mol. The molecule has 1 aliphatic carbocycles. The summed E-state index contributed by atoms with van der Waals surface area (Å²) in [5, 5.41) is 7.54. The first kappa shape index (κ1) is 17.2. The summed E-state index contributed by atoms with van der Waals surface area (Å²) in [6.45, 7) is 3.16. The summed E-state index contributed by atoms with van der Waals surface area (Å²) >= 11 is 0. The third-order valence-corrected chi connectivity index (χ3v) is 4.70. The summed E-state index contributed by atoms with van der Waals surface area (Å²) in [6.07, 6.45) is 4.85. The molecule has 0 radical (unpaired) electrons. The second-order valence-electron chi connectivity index (χ2n) is 6.11. The first-order chi connectivity index (χ1) is 10.9. The summed E-state index contributed by atoms with van der Waals surface area (Å²) in [5.41, 5.74) is -0.941. The standard InChI is InChI=1S/C15H24N4O4/c1-3-15(4-2)12(21)19(14(23)18-15)9-11(20)17-13(22)16-10-7-5-6-8-10/h10H,3-9H2,1-2H3,(H,18,23)(H2,16,17,20,22). The number of nitrogens with zero attached hydrogens (tertiary/aromatic N) is 1. The van der Waals surface area contributed by atoms with E-state index in [-0.39, 0.29) is 6.04 Å². The van der Waals surface area contributed by atoms with Gasteiger partial charge in [0.2, 0.25) is 5.91 Å². The highest BCUT2D eigenvalue weighted by Gasteiger charge is 2.49. The Morgan fingerprint density at radius 2 is 1.83 bits per heavy atom. The van der Waals surface area contributed by atoms with Gasteiger partial charge in [-0.05, 0) is 25.7 Å². The largest absolute Gasteiger partial charge is 0.335 e. The molecule has 1 saturated heterocycles.